The molecule has 0 atom stereocenters. The molecule has 0 bridgehead atoms. The van der Waals surface area contributed by atoms with Gasteiger partial charge in [-0.3, -0.25) is 0 Å². The molecule has 0 aliphatic heterocycles. The van der Waals surface area contributed by atoms with E-state index in [1.54, 1.807) is 24.3 Å². The smallest absolute Gasteiger partial charge is 0.285 e. The van der Waals surface area contributed by atoms with Crippen LogP contribution in [0.15, 0.2) is 51.8 Å². The summed E-state index contributed by atoms with van der Waals surface area (Å²) in [6, 6.07) is 13.1. The van der Waals surface area contributed by atoms with Gasteiger partial charge in [0.15, 0.2) is 0 Å². The second-order valence-electron chi connectivity index (χ2n) is 6.39. The van der Waals surface area contributed by atoms with Crippen LogP contribution in [0.4, 0.5) is 0 Å². The van der Waals surface area contributed by atoms with Crippen molar-refractivity contribution in [2.75, 3.05) is 0 Å². The molecule has 0 saturated carbocycles. The molecule has 25 heavy (non-hydrogen) atoms. The number of hydrogen-bond donors (Lipinski definition) is 0. The molecular formula is C19H22N2O2S2. The summed E-state index contributed by atoms with van der Waals surface area (Å²) in [5.74, 6) is 0.429. The van der Waals surface area contributed by atoms with Crippen LogP contribution in [0.5, 0.6) is 0 Å². The van der Waals surface area contributed by atoms with E-state index in [1.807, 2.05) is 18.4 Å². The second kappa shape index (κ2) is 6.77. The Morgan fingerprint density at radius 3 is 2.40 bits per heavy atom. The van der Waals surface area contributed by atoms with Crippen LogP contribution in [0.25, 0.3) is 10.2 Å². The molecule has 0 amide bonds. The number of rotatable bonds is 4. The molecule has 3 aromatic rings. The standard InChI is InChI=1S/C19H22N2O2S2/c1-5-21-17-11-8-15(13(2)3)12-18(17)24-19(21)20-25(22,23)16-9-6-14(4)7-10-16/h6-13H,5H2,1-4H3/b20-19-. The maximum atomic E-state index is 12.7. The van der Waals surface area contributed by atoms with Gasteiger partial charge in [0.05, 0.1) is 15.1 Å². The lowest BCUT2D eigenvalue weighted by molar-refractivity contribution is 0.595. The highest BCUT2D eigenvalue weighted by Gasteiger charge is 2.14. The van der Waals surface area contributed by atoms with Crippen LogP contribution < -0.4 is 4.80 Å². The monoisotopic (exact) mass is 374 g/mol. The summed E-state index contributed by atoms with van der Waals surface area (Å²) >= 11 is 1.42. The molecule has 1 aromatic heterocycles. The fourth-order valence-corrected chi connectivity index (χ4v) is 5.04. The molecule has 132 valence electrons. The van der Waals surface area contributed by atoms with Crippen LogP contribution in [0.2, 0.25) is 0 Å². The molecule has 0 saturated heterocycles. The molecule has 3 rings (SSSR count). The Morgan fingerprint density at radius 1 is 1.12 bits per heavy atom. The minimum Gasteiger partial charge on any atom is -0.316 e. The van der Waals surface area contributed by atoms with Crippen LogP contribution in [0, 0.1) is 6.92 Å². The number of aromatic nitrogens is 1. The van der Waals surface area contributed by atoms with Crippen molar-refractivity contribution in [3.05, 3.63) is 58.4 Å². The number of aryl methyl sites for hydroxylation is 2. The maximum Gasteiger partial charge on any atom is 0.285 e. The van der Waals surface area contributed by atoms with Crippen LogP contribution in [0.1, 0.15) is 37.8 Å². The Balaban J connectivity index is 2.19. The zero-order valence-electron chi connectivity index (χ0n) is 14.9. The van der Waals surface area contributed by atoms with Crippen LogP contribution >= 0.6 is 11.3 Å². The van der Waals surface area contributed by atoms with Crippen LogP contribution in [-0.2, 0) is 16.6 Å². The molecule has 1 heterocycles. The second-order valence-corrected chi connectivity index (χ2v) is 9.00. The lowest BCUT2D eigenvalue weighted by atomic mass is 10.0. The topological polar surface area (TPSA) is 51.4 Å². The van der Waals surface area contributed by atoms with Gasteiger partial charge < -0.3 is 4.57 Å². The van der Waals surface area contributed by atoms with E-state index in [0.29, 0.717) is 17.3 Å². The van der Waals surface area contributed by atoms with E-state index in [-0.39, 0.29) is 4.90 Å². The van der Waals surface area contributed by atoms with Gasteiger partial charge >= 0.3 is 0 Å². The normalized spacial score (nSPS) is 13.1. The van der Waals surface area contributed by atoms with E-state index in [4.69, 9.17) is 0 Å². The van der Waals surface area contributed by atoms with Crippen molar-refractivity contribution in [1.29, 1.82) is 0 Å². The van der Waals surface area contributed by atoms with Crippen molar-refractivity contribution in [1.82, 2.24) is 4.57 Å². The molecule has 0 fully saturated rings. The molecule has 2 aromatic carbocycles. The van der Waals surface area contributed by atoms with Crippen molar-refractivity contribution in [2.24, 2.45) is 4.40 Å². The summed E-state index contributed by atoms with van der Waals surface area (Å²) < 4.78 is 32.5. The Hall–Kier alpha value is -1.92. The fraction of sp³-hybridized carbons (Fsp3) is 0.316. The van der Waals surface area contributed by atoms with E-state index < -0.39 is 10.0 Å². The first-order chi connectivity index (χ1) is 11.8. The van der Waals surface area contributed by atoms with Gasteiger partial charge in [0.25, 0.3) is 10.0 Å². The van der Waals surface area contributed by atoms with Gasteiger partial charge in [-0.15, -0.1) is 4.40 Å². The lowest BCUT2D eigenvalue weighted by Crippen LogP contribution is -2.16. The average Bonchev–Trinajstić information content (AvgIpc) is 2.90. The first-order valence-corrected chi connectivity index (χ1v) is 10.6. The number of hydrogen-bond acceptors (Lipinski definition) is 3. The summed E-state index contributed by atoms with van der Waals surface area (Å²) in [7, 11) is -3.72. The molecule has 0 N–H and O–H groups in total. The summed E-state index contributed by atoms with van der Waals surface area (Å²) in [4.78, 5) is 0.736. The summed E-state index contributed by atoms with van der Waals surface area (Å²) in [5.41, 5.74) is 3.28. The number of sulfonamides is 1. The predicted octanol–water partition coefficient (Wildman–Crippen LogP) is 4.44. The molecule has 0 unspecified atom stereocenters. The van der Waals surface area contributed by atoms with Crippen LogP contribution in [-0.4, -0.2) is 13.0 Å². The highest BCUT2D eigenvalue weighted by atomic mass is 32.2. The predicted molar refractivity (Wildman–Crippen MR) is 104 cm³/mol. The number of fused-ring (bicyclic) bond motifs is 1. The molecule has 4 nitrogen and oxygen atoms in total. The molecule has 6 heteroatoms. The van der Waals surface area contributed by atoms with Crippen molar-refractivity contribution < 1.29 is 8.42 Å². The summed E-state index contributed by atoms with van der Waals surface area (Å²) in [6.07, 6.45) is 0. The highest BCUT2D eigenvalue weighted by Crippen LogP contribution is 2.24. The van der Waals surface area contributed by atoms with Crippen molar-refractivity contribution in [3.8, 4) is 0 Å². The zero-order valence-corrected chi connectivity index (χ0v) is 16.5. The van der Waals surface area contributed by atoms with Gasteiger partial charge in [-0.05, 0) is 49.6 Å². The Labute approximate surface area is 152 Å². The third-order valence-electron chi connectivity index (χ3n) is 4.21. The molecule has 0 aliphatic rings. The number of thiazole rings is 1. The van der Waals surface area contributed by atoms with Gasteiger partial charge in [-0.25, -0.2) is 0 Å². The summed E-state index contributed by atoms with van der Waals surface area (Å²) in [5, 5.41) is 0. The Morgan fingerprint density at radius 2 is 1.80 bits per heavy atom. The maximum absolute atomic E-state index is 12.7. The van der Waals surface area contributed by atoms with Crippen molar-refractivity contribution in [2.45, 2.75) is 45.1 Å². The number of benzene rings is 2. The average molecular weight is 375 g/mol. The van der Waals surface area contributed by atoms with Crippen molar-refractivity contribution in [3.63, 3.8) is 0 Å². The quantitative estimate of drug-likeness (QED) is 0.678. The van der Waals surface area contributed by atoms with E-state index in [2.05, 4.69) is 36.4 Å². The Kier molecular flexibility index (Phi) is 4.84. The first-order valence-electron chi connectivity index (χ1n) is 8.33. The van der Waals surface area contributed by atoms with Gasteiger partial charge in [0.2, 0.25) is 4.80 Å². The molecule has 0 spiro atoms. The molecular weight excluding hydrogens is 352 g/mol. The molecule has 0 aliphatic carbocycles. The fourth-order valence-electron chi connectivity index (χ4n) is 2.69. The van der Waals surface area contributed by atoms with Gasteiger partial charge in [-0.2, -0.15) is 8.42 Å². The number of nitrogens with zero attached hydrogens (tertiary/aromatic N) is 2. The summed E-state index contributed by atoms with van der Waals surface area (Å²) in [6.45, 7) is 8.89. The van der Waals surface area contributed by atoms with E-state index in [9.17, 15) is 8.42 Å². The Bertz CT molecular complexity index is 1070. The third kappa shape index (κ3) is 3.55. The van der Waals surface area contributed by atoms with E-state index in [1.165, 1.54) is 16.9 Å². The van der Waals surface area contributed by atoms with Gasteiger partial charge in [0, 0.05) is 6.54 Å². The SMILES string of the molecule is CCn1/c(=N/S(=O)(=O)c2ccc(C)cc2)sc2cc(C(C)C)ccc21. The zero-order chi connectivity index (χ0) is 18.2. The minimum absolute atomic E-state index is 0.223. The van der Waals surface area contributed by atoms with Gasteiger partial charge in [0.1, 0.15) is 0 Å². The minimum atomic E-state index is -3.72. The van der Waals surface area contributed by atoms with Crippen LogP contribution in [0.3, 0.4) is 0 Å². The van der Waals surface area contributed by atoms with Crippen molar-refractivity contribution >= 4 is 31.6 Å². The first kappa shape index (κ1) is 17.9. The lowest BCUT2D eigenvalue weighted by Gasteiger charge is -2.05. The van der Waals surface area contributed by atoms with Gasteiger partial charge in [-0.1, -0.05) is 48.9 Å². The highest BCUT2D eigenvalue weighted by molar-refractivity contribution is 7.90. The largest absolute Gasteiger partial charge is 0.316 e. The van der Waals surface area contributed by atoms with E-state index in [0.717, 1.165) is 15.8 Å². The third-order valence-corrected chi connectivity index (χ3v) is 6.64. The van der Waals surface area contributed by atoms with E-state index >= 15 is 0 Å². The molecule has 0 radical (unpaired) electrons.